The van der Waals surface area contributed by atoms with Crippen LogP contribution in [0.3, 0.4) is 0 Å². The molecule has 0 radical (unpaired) electrons. The second-order valence-corrected chi connectivity index (χ2v) is 3.86. The first kappa shape index (κ1) is 13.8. The Kier molecular flexibility index (Phi) is 8.63. The van der Waals surface area contributed by atoms with Gasteiger partial charge in [0.2, 0.25) is 0 Å². The Morgan fingerprint density at radius 3 is 1.91 bits per heavy atom. The molecule has 11 heavy (non-hydrogen) atoms. The first-order chi connectivity index (χ1) is 4.56. The quantitative estimate of drug-likeness (QED) is 0.502. The lowest BCUT2D eigenvalue weighted by atomic mass is 10.2. The molecule has 0 rings (SSSR count). The molecule has 0 unspecified atom stereocenters. The minimum absolute atomic E-state index is 0. The highest BCUT2D eigenvalue weighted by atomic mass is 35.5. The van der Waals surface area contributed by atoms with Crippen molar-refractivity contribution in [2.75, 3.05) is 34.2 Å². The number of nitrogens with zero attached hydrogens (tertiary/aromatic N) is 1. The molecule has 0 atom stereocenters. The Hall–Kier alpha value is 0.210. The third-order valence-electron chi connectivity index (χ3n) is 1.53. The van der Waals surface area contributed by atoms with Crippen LogP contribution in [-0.2, 0) is 0 Å². The minimum Gasteiger partial charge on any atom is -0.331 e. The van der Waals surface area contributed by atoms with Gasteiger partial charge in [-0.2, -0.15) is 0 Å². The largest absolute Gasteiger partial charge is 0.331 e. The summed E-state index contributed by atoms with van der Waals surface area (Å²) in [7, 11) is 6.67. The van der Waals surface area contributed by atoms with Gasteiger partial charge in [0.15, 0.2) is 0 Å². The molecule has 0 amide bonds. The SMILES string of the molecule is C[N+](C)(C)CCCCCN.Cl. The molecule has 0 saturated carbocycles. The number of rotatable bonds is 5. The van der Waals surface area contributed by atoms with E-state index in [4.69, 9.17) is 5.73 Å². The van der Waals surface area contributed by atoms with Gasteiger partial charge < -0.3 is 10.2 Å². The highest BCUT2D eigenvalue weighted by molar-refractivity contribution is 5.85. The van der Waals surface area contributed by atoms with Gasteiger partial charge in [-0.25, -0.2) is 0 Å². The lowest BCUT2D eigenvalue weighted by Gasteiger charge is -2.23. The fourth-order valence-electron chi connectivity index (χ4n) is 0.907. The van der Waals surface area contributed by atoms with Crippen molar-refractivity contribution in [1.29, 1.82) is 0 Å². The fourth-order valence-corrected chi connectivity index (χ4v) is 0.907. The zero-order chi connectivity index (χ0) is 8.04. The average Bonchev–Trinajstić information content (AvgIpc) is 1.78. The van der Waals surface area contributed by atoms with E-state index < -0.39 is 0 Å². The normalized spacial score (nSPS) is 10.9. The smallest absolute Gasteiger partial charge is 0.0780 e. The molecular weight excluding hydrogens is 160 g/mol. The molecule has 0 aliphatic carbocycles. The van der Waals surface area contributed by atoms with Gasteiger partial charge in [0.05, 0.1) is 27.7 Å². The van der Waals surface area contributed by atoms with E-state index in [1.54, 1.807) is 0 Å². The average molecular weight is 182 g/mol. The molecule has 3 heteroatoms. The third-order valence-corrected chi connectivity index (χ3v) is 1.53. The van der Waals surface area contributed by atoms with E-state index in [-0.39, 0.29) is 12.4 Å². The number of unbranched alkanes of at least 4 members (excludes halogenated alkanes) is 2. The summed E-state index contributed by atoms with van der Waals surface area (Å²) in [5.74, 6) is 0. The number of nitrogens with two attached hydrogens (primary N) is 1. The summed E-state index contributed by atoms with van der Waals surface area (Å²) in [6.07, 6.45) is 3.77. The topological polar surface area (TPSA) is 26.0 Å². The van der Waals surface area contributed by atoms with Crippen LogP contribution in [0.25, 0.3) is 0 Å². The molecule has 2 nitrogen and oxygen atoms in total. The Bertz CT molecular complexity index is 78.7. The van der Waals surface area contributed by atoms with Gasteiger partial charge in [0.25, 0.3) is 0 Å². The summed E-state index contributed by atoms with van der Waals surface area (Å²) >= 11 is 0. The van der Waals surface area contributed by atoms with Crippen LogP contribution < -0.4 is 5.73 Å². The molecule has 0 aromatic rings. The van der Waals surface area contributed by atoms with Crippen LogP contribution in [0, 0.1) is 0 Å². The number of hydrogen-bond donors (Lipinski definition) is 1. The summed E-state index contributed by atoms with van der Waals surface area (Å²) in [5, 5.41) is 0. The van der Waals surface area contributed by atoms with Crippen molar-refractivity contribution in [3.8, 4) is 0 Å². The summed E-state index contributed by atoms with van der Waals surface area (Å²) in [6, 6.07) is 0. The van der Waals surface area contributed by atoms with Crippen LogP contribution in [0.1, 0.15) is 19.3 Å². The van der Waals surface area contributed by atoms with E-state index in [1.165, 1.54) is 25.8 Å². The fraction of sp³-hybridized carbons (Fsp3) is 1.00. The molecule has 0 fully saturated rings. The van der Waals surface area contributed by atoms with Gasteiger partial charge in [-0.05, 0) is 25.8 Å². The van der Waals surface area contributed by atoms with Crippen LogP contribution in [0.4, 0.5) is 0 Å². The maximum absolute atomic E-state index is 5.37. The molecule has 0 spiro atoms. The summed E-state index contributed by atoms with van der Waals surface area (Å²) in [5.41, 5.74) is 5.37. The lowest BCUT2D eigenvalue weighted by molar-refractivity contribution is -0.870. The molecule has 0 bridgehead atoms. The van der Waals surface area contributed by atoms with E-state index in [9.17, 15) is 0 Å². The third kappa shape index (κ3) is 13.2. The molecule has 0 saturated heterocycles. The molecule has 2 N–H and O–H groups in total. The Morgan fingerprint density at radius 2 is 1.55 bits per heavy atom. The van der Waals surface area contributed by atoms with E-state index >= 15 is 0 Å². The van der Waals surface area contributed by atoms with E-state index in [0.717, 1.165) is 11.0 Å². The van der Waals surface area contributed by atoms with Crippen molar-refractivity contribution in [2.45, 2.75) is 19.3 Å². The van der Waals surface area contributed by atoms with Gasteiger partial charge in [0, 0.05) is 0 Å². The molecule has 70 valence electrons. The summed E-state index contributed by atoms with van der Waals surface area (Å²) < 4.78 is 1.07. The van der Waals surface area contributed by atoms with Crippen molar-refractivity contribution in [1.82, 2.24) is 0 Å². The summed E-state index contributed by atoms with van der Waals surface area (Å²) in [6.45, 7) is 2.11. The standard InChI is InChI=1S/C8H21N2.ClH/c1-10(2,3)8-6-4-5-7-9;/h4-9H2,1-3H3;1H/q+1;. The van der Waals surface area contributed by atoms with Crippen LogP contribution in [0.5, 0.6) is 0 Å². The lowest BCUT2D eigenvalue weighted by Crippen LogP contribution is -2.35. The maximum atomic E-state index is 5.37. The predicted molar refractivity (Wildman–Crippen MR) is 53.1 cm³/mol. The van der Waals surface area contributed by atoms with Gasteiger partial charge >= 0.3 is 0 Å². The van der Waals surface area contributed by atoms with Gasteiger partial charge in [-0.15, -0.1) is 12.4 Å². The monoisotopic (exact) mass is 181 g/mol. The van der Waals surface area contributed by atoms with Crippen molar-refractivity contribution >= 4 is 12.4 Å². The van der Waals surface area contributed by atoms with E-state index in [1.807, 2.05) is 0 Å². The second kappa shape index (κ2) is 6.89. The van der Waals surface area contributed by atoms with E-state index in [2.05, 4.69) is 21.1 Å². The number of hydrogen-bond acceptors (Lipinski definition) is 1. The highest BCUT2D eigenvalue weighted by Crippen LogP contribution is 1.98. The zero-order valence-corrected chi connectivity index (χ0v) is 8.78. The Balaban J connectivity index is 0. The van der Waals surface area contributed by atoms with Crippen LogP contribution >= 0.6 is 12.4 Å². The Labute approximate surface area is 76.8 Å². The van der Waals surface area contributed by atoms with Crippen molar-refractivity contribution in [3.05, 3.63) is 0 Å². The maximum Gasteiger partial charge on any atom is 0.0780 e. The van der Waals surface area contributed by atoms with Crippen molar-refractivity contribution in [3.63, 3.8) is 0 Å². The first-order valence-corrected chi connectivity index (χ1v) is 4.07. The number of halogens is 1. The molecule has 0 aromatic heterocycles. The summed E-state index contributed by atoms with van der Waals surface area (Å²) in [4.78, 5) is 0. The molecule has 0 aliphatic heterocycles. The Morgan fingerprint density at radius 1 is 1.00 bits per heavy atom. The van der Waals surface area contributed by atoms with Crippen LogP contribution in [-0.4, -0.2) is 38.7 Å². The molecule has 0 aliphatic rings. The van der Waals surface area contributed by atoms with Gasteiger partial charge in [-0.3, -0.25) is 0 Å². The van der Waals surface area contributed by atoms with E-state index in [0.29, 0.717) is 0 Å². The molecule has 0 aromatic carbocycles. The van der Waals surface area contributed by atoms with Crippen molar-refractivity contribution < 1.29 is 4.48 Å². The van der Waals surface area contributed by atoms with Crippen LogP contribution in [0.15, 0.2) is 0 Å². The molecule has 0 heterocycles. The van der Waals surface area contributed by atoms with Crippen LogP contribution in [0.2, 0.25) is 0 Å². The van der Waals surface area contributed by atoms with Gasteiger partial charge in [-0.1, -0.05) is 0 Å². The highest BCUT2D eigenvalue weighted by Gasteiger charge is 2.04. The van der Waals surface area contributed by atoms with Gasteiger partial charge in [0.1, 0.15) is 0 Å². The molecular formula is C8H22ClN2+. The number of quaternary nitrogens is 1. The first-order valence-electron chi connectivity index (χ1n) is 4.07. The predicted octanol–water partition coefficient (Wildman–Crippen LogP) is 1.24. The minimum atomic E-state index is 0. The second-order valence-electron chi connectivity index (χ2n) is 3.86. The van der Waals surface area contributed by atoms with Crippen molar-refractivity contribution in [2.24, 2.45) is 5.73 Å². The zero-order valence-electron chi connectivity index (χ0n) is 7.97.